The van der Waals surface area contributed by atoms with Crippen molar-refractivity contribution in [2.24, 2.45) is 5.92 Å². The molecule has 178 valence electrons. The number of hydrogen-bond donors (Lipinski definition) is 2. The molecule has 8 nitrogen and oxygen atoms in total. The number of imidazole rings is 1. The van der Waals surface area contributed by atoms with Crippen LogP contribution in [-0.4, -0.2) is 30.2 Å². The Morgan fingerprint density at radius 3 is 2.71 bits per heavy atom. The van der Waals surface area contributed by atoms with Gasteiger partial charge in [-0.15, -0.1) is 0 Å². The number of amides is 1. The molecule has 1 aliphatic heterocycles. The zero-order valence-corrected chi connectivity index (χ0v) is 19.5. The Balaban J connectivity index is 1.51. The maximum Gasteiger partial charge on any atom is 0.241 e. The summed E-state index contributed by atoms with van der Waals surface area (Å²) in [4.78, 5) is 32.3. The van der Waals surface area contributed by atoms with Crippen molar-refractivity contribution in [1.82, 2.24) is 24.3 Å². The van der Waals surface area contributed by atoms with Crippen molar-refractivity contribution in [3.63, 3.8) is 0 Å². The fourth-order valence-corrected chi connectivity index (χ4v) is 5.46. The van der Waals surface area contributed by atoms with Crippen LogP contribution >= 0.6 is 0 Å². The molecule has 0 bridgehead atoms. The van der Waals surface area contributed by atoms with Gasteiger partial charge in [0.15, 0.2) is 11.5 Å². The highest BCUT2D eigenvalue weighted by Crippen LogP contribution is 2.55. The topological polar surface area (TPSA) is 111 Å². The zero-order chi connectivity index (χ0) is 24.2. The molecule has 0 spiro atoms. The minimum absolute atomic E-state index is 0.0482. The van der Waals surface area contributed by atoms with Gasteiger partial charge in [0.05, 0.1) is 11.3 Å². The third-order valence-electron chi connectivity index (χ3n) is 7.38. The number of anilines is 2. The molecule has 6 rings (SSSR count). The van der Waals surface area contributed by atoms with E-state index in [0.717, 1.165) is 49.9 Å². The number of fused-ring (bicyclic) bond motifs is 2. The van der Waals surface area contributed by atoms with Crippen LogP contribution in [0.1, 0.15) is 55.8 Å². The van der Waals surface area contributed by atoms with Crippen molar-refractivity contribution in [2.75, 3.05) is 11.1 Å². The Morgan fingerprint density at radius 2 is 2.00 bits per heavy atom. The van der Waals surface area contributed by atoms with Crippen molar-refractivity contribution < 1.29 is 9.18 Å². The van der Waals surface area contributed by atoms with Crippen LogP contribution in [0.2, 0.25) is 0 Å². The van der Waals surface area contributed by atoms with Crippen LogP contribution in [0.3, 0.4) is 0 Å². The van der Waals surface area contributed by atoms with Gasteiger partial charge in [-0.05, 0) is 49.3 Å². The summed E-state index contributed by atoms with van der Waals surface area (Å²) >= 11 is 0. The summed E-state index contributed by atoms with van der Waals surface area (Å²) in [5.74, 6) is 0.489. The number of aryl methyl sites for hydroxylation is 1. The van der Waals surface area contributed by atoms with Gasteiger partial charge in [0, 0.05) is 18.6 Å². The lowest BCUT2D eigenvalue weighted by molar-refractivity contribution is -0.122. The number of nitrogen functional groups attached to an aromatic ring is 1. The number of nitrogens with zero attached hydrogens (tertiary/aromatic N) is 5. The van der Waals surface area contributed by atoms with Gasteiger partial charge in [0.1, 0.15) is 28.6 Å². The van der Waals surface area contributed by atoms with Gasteiger partial charge in [0.2, 0.25) is 5.91 Å². The Bertz CT molecular complexity index is 1440. The van der Waals surface area contributed by atoms with E-state index in [-0.39, 0.29) is 23.5 Å². The van der Waals surface area contributed by atoms with E-state index in [1.807, 2.05) is 16.8 Å². The van der Waals surface area contributed by atoms with E-state index in [9.17, 15) is 9.18 Å². The minimum Gasteiger partial charge on any atom is -0.383 e. The summed E-state index contributed by atoms with van der Waals surface area (Å²) in [6.45, 7) is 2.13. The minimum atomic E-state index is -1.03. The molecule has 4 heterocycles. The number of halogens is 1. The number of carbonyl (C=O) groups excluding carboxylic acids is 1. The first kappa shape index (κ1) is 21.6. The van der Waals surface area contributed by atoms with Crippen LogP contribution in [0.4, 0.5) is 16.0 Å². The highest BCUT2D eigenvalue weighted by atomic mass is 19.1. The van der Waals surface area contributed by atoms with Crippen molar-refractivity contribution in [1.29, 1.82) is 0 Å². The lowest BCUT2D eigenvalue weighted by Crippen LogP contribution is -2.46. The molecule has 1 fully saturated rings. The second kappa shape index (κ2) is 8.11. The number of nitrogens with two attached hydrogens (primary N) is 1. The van der Waals surface area contributed by atoms with E-state index in [1.54, 1.807) is 18.3 Å². The molecule has 4 aromatic rings. The van der Waals surface area contributed by atoms with Crippen LogP contribution in [0.25, 0.3) is 17.2 Å². The summed E-state index contributed by atoms with van der Waals surface area (Å²) in [5, 5.41) is 2.97. The van der Waals surface area contributed by atoms with Gasteiger partial charge in [-0.25, -0.2) is 24.3 Å². The summed E-state index contributed by atoms with van der Waals surface area (Å²) in [5.41, 5.74) is 9.09. The highest BCUT2D eigenvalue weighted by molar-refractivity contribution is 6.09. The fourth-order valence-electron chi connectivity index (χ4n) is 5.46. The molecule has 1 unspecified atom stereocenters. The van der Waals surface area contributed by atoms with E-state index >= 15 is 0 Å². The summed E-state index contributed by atoms with van der Waals surface area (Å²) < 4.78 is 15.7. The number of rotatable bonds is 6. The van der Waals surface area contributed by atoms with E-state index in [4.69, 9.17) is 15.7 Å². The third kappa shape index (κ3) is 3.21. The third-order valence-corrected chi connectivity index (χ3v) is 7.38. The van der Waals surface area contributed by atoms with Crippen molar-refractivity contribution in [2.45, 2.75) is 50.9 Å². The van der Waals surface area contributed by atoms with E-state index < -0.39 is 5.41 Å². The lowest BCUT2D eigenvalue weighted by atomic mass is 9.59. The van der Waals surface area contributed by atoms with Crippen LogP contribution in [0.15, 0.2) is 42.9 Å². The van der Waals surface area contributed by atoms with Crippen LogP contribution < -0.4 is 11.1 Å². The maximum absolute atomic E-state index is 13.7. The Hall–Kier alpha value is -3.88. The predicted molar refractivity (Wildman–Crippen MR) is 130 cm³/mol. The molecular formula is C26H26FN7O. The average Bonchev–Trinajstić information content (AvgIpc) is 3.40. The number of benzene rings is 1. The maximum atomic E-state index is 13.7. The molecule has 3 aromatic heterocycles. The van der Waals surface area contributed by atoms with E-state index in [0.29, 0.717) is 28.5 Å². The number of nitrogens with one attached hydrogen (secondary N) is 1. The first-order valence-electron chi connectivity index (χ1n) is 12.1. The first-order chi connectivity index (χ1) is 17.0. The lowest BCUT2D eigenvalue weighted by Gasteiger charge is -2.41. The molecule has 1 aromatic carbocycles. The van der Waals surface area contributed by atoms with Crippen molar-refractivity contribution in [3.05, 3.63) is 65.5 Å². The van der Waals surface area contributed by atoms with Gasteiger partial charge in [-0.2, -0.15) is 0 Å². The summed E-state index contributed by atoms with van der Waals surface area (Å²) in [6.07, 6.45) is 11.0. The molecule has 0 saturated heterocycles. The van der Waals surface area contributed by atoms with Gasteiger partial charge in [-0.3, -0.25) is 4.79 Å². The zero-order valence-electron chi connectivity index (χ0n) is 19.5. The predicted octanol–water partition coefficient (Wildman–Crippen LogP) is 4.29. The van der Waals surface area contributed by atoms with Crippen molar-refractivity contribution >= 4 is 23.2 Å². The molecule has 0 radical (unpaired) electrons. The Kier molecular flexibility index (Phi) is 5.01. The highest BCUT2D eigenvalue weighted by Gasteiger charge is 2.57. The molecule has 9 heteroatoms. The van der Waals surface area contributed by atoms with Gasteiger partial charge in [-0.1, -0.05) is 31.9 Å². The van der Waals surface area contributed by atoms with Gasteiger partial charge >= 0.3 is 0 Å². The Morgan fingerprint density at radius 1 is 1.20 bits per heavy atom. The van der Waals surface area contributed by atoms with E-state index in [2.05, 4.69) is 22.2 Å². The van der Waals surface area contributed by atoms with Gasteiger partial charge in [0.25, 0.3) is 0 Å². The fraction of sp³-hybridized carbons (Fsp3) is 0.346. The molecule has 2 aliphatic rings. The van der Waals surface area contributed by atoms with Crippen LogP contribution in [0, 0.1) is 11.7 Å². The van der Waals surface area contributed by atoms with Gasteiger partial charge < -0.3 is 15.5 Å². The molecule has 1 atom stereocenters. The van der Waals surface area contributed by atoms with Crippen LogP contribution in [0.5, 0.6) is 0 Å². The Labute approximate surface area is 201 Å². The molecule has 3 N–H and O–H groups in total. The summed E-state index contributed by atoms with van der Waals surface area (Å²) in [6, 6.07) is 6.11. The second-order valence-electron chi connectivity index (χ2n) is 9.39. The number of hydrogen-bond acceptors (Lipinski definition) is 6. The van der Waals surface area contributed by atoms with E-state index in [1.165, 1.54) is 12.1 Å². The molecule has 1 aliphatic carbocycles. The van der Waals surface area contributed by atoms with Crippen LogP contribution in [-0.2, 0) is 16.6 Å². The number of unbranched alkanes of at least 4 members (excludes halogenated alkanes) is 1. The number of carbonyl (C=O) groups is 1. The average molecular weight is 472 g/mol. The quantitative estimate of drug-likeness (QED) is 0.434. The molecule has 1 saturated carbocycles. The van der Waals surface area contributed by atoms with Crippen molar-refractivity contribution in [3.8, 4) is 11.5 Å². The second-order valence-corrected chi connectivity index (χ2v) is 9.39. The SMILES string of the molecule is CCCCc1nc(-c2nc(N)c3c(n2)NC(=O)C3(c2ccc(F)cc2)C2CCC2)cn2ccnc12. The molecule has 35 heavy (non-hydrogen) atoms. The largest absolute Gasteiger partial charge is 0.383 e. The molecular weight excluding hydrogens is 445 g/mol. The smallest absolute Gasteiger partial charge is 0.241 e. The first-order valence-corrected chi connectivity index (χ1v) is 12.1. The number of aromatic nitrogens is 5. The monoisotopic (exact) mass is 471 g/mol. The normalized spacial score (nSPS) is 19.5. The summed E-state index contributed by atoms with van der Waals surface area (Å²) in [7, 11) is 0. The molecule has 1 amide bonds. The standard InChI is InChI=1S/C26H26FN7O/c1-2-3-7-18-24-29-12-13-34(24)14-19(30-18)22-31-21(28)20-23(32-22)33-25(35)26(20,15-5-4-6-15)16-8-10-17(27)11-9-16/h8-15H,2-7H2,1H3,(H3,28,31,32,33,35).